The Balaban J connectivity index is 1.69. The molecule has 8 heteroatoms. The molecule has 0 bridgehead atoms. The highest BCUT2D eigenvalue weighted by Crippen LogP contribution is 2.29. The third-order valence-electron chi connectivity index (χ3n) is 4.54. The van der Waals surface area contributed by atoms with Crippen LogP contribution in [0.1, 0.15) is 16.8 Å². The van der Waals surface area contributed by atoms with Crippen LogP contribution in [-0.4, -0.2) is 30.0 Å². The largest absolute Gasteiger partial charge is 0.467 e. The molecule has 30 heavy (non-hydrogen) atoms. The zero-order valence-electron chi connectivity index (χ0n) is 16.1. The number of nitrogens with zero attached hydrogens (tertiary/aromatic N) is 1. The SMILES string of the molecule is COC(=O)[C@H](Cc1ccc2ccccc2n1)NC(=O)Cc1ccc(C(F)(F)F)cc1. The van der Waals surface area contributed by atoms with E-state index in [9.17, 15) is 22.8 Å². The first-order valence-corrected chi connectivity index (χ1v) is 9.14. The molecule has 3 rings (SSSR count). The molecular formula is C22H19F3N2O3. The number of esters is 1. The summed E-state index contributed by atoms with van der Waals surface area (Å²) < 4.78 is 42.7. The topological polar surface area (TPSA) is 68.3 Å². The Kier molecular flexibility index (Phi) is 6.34. The van der Waals surface area contributed by atoms with Crippen molar-refractivity contribution >= 4 is 22.8 Å². The van der Waals surface area contributed by atoms with Crippen LogP contribution in [0.4, 0.5) is 13.2 Å². The molecule has 2 aromatic carbocycles. The fraction of sp³-hybridized carbons (Fsp3) is 0.227. The monoisotopic (exact) mass is 416 g/mol. The molecule has 0 spiro atoms. The van der Waals surface area contributed by atoms with E-state index < -0.39 is 29.7 Å². The Morgan fingerprint density at radius 2 is 1.73 bits per heavy atom. The van der Waals surface area contributed by atoms with E-state index in [2.05, 4.69) is 10.3 Å². The lowest BCUT2D eigenvalue weighted by Gasteiger charge is -2.16. The van der Waals surface area contributed by atoms with Gasteiger partial charge in [-0.2, -0.15) is 13.2 Å². The molecule has 0 fully saturated rings. The first-order chi connectivity index (χ1) is 14.3. The van der Waals surface area contributed by atoms with Crippen LogP contribution in [0.5, 0.6) is 0 Å². The minimum Gasteiger partial charge on any atom is -0.467 e. The van der Waals surface area contributed by atoms with Gasteiger partial charge in [-0.1, -0.05) is 36.4 Å². The summed E-state index contributed by atoms with van der Waals surface area (Å²) in [7, 11) is 1.21. The number of fused-ring (bicyclic) bond motifs is 1. The highest BCUT2D eigenvalue weighted by Gasteiger charge is 2.30. The summed E-state index contributed by atoms with van der Waals surface area (Å²) in [5.74, 6) is -1.14. The molecule has 3 aromatic rings. The number of aromatic nitrogens is 1. The fourth-order valence-electron chi connectivity index (χ4n) is 3.01. The third kappa shape index (κ3) is 5.34. The summed E-state index contributed by atoms with van der Waals surface area (Å²) in [5.41, 5.74) is 0.961. The molecule has 0 aliphatic heterocycles. The van der Waals surface area contributed by atoms with Gasteiger partial charge < -0.3 is 10.1 Å². The van der Waals surface area contributed by atoms with Crippen molar-refractivity contribution in [3.05, 3.63) is 77.5 Å². The lowest BCUT2D eigenvalue weighted by molar-refractivity contribution is -0.145. The molecule has 1 heterocycles. The second kappa shape index (κ2) is 8.94. The predicted octanol–water partition coefficient (Wildman–Crippen LogP) is 3.70. The van der Waals surface area contributed by atoms with E-state index in [4.69, 9.17) is 4.74 Å². The number of carbonyl (C=O) groups excluding carboxylic acids is 2. The molecule has 0 radical (unpaired) electrons. The van der Waals surface area contributed by atoms with Crippen LogP contribution >= 0.6 is 0 Å². The summed E-state index contributed by atoms with van der Waals surface area (Å²) in [4.78, 5) is 29.0. The van der Waals surface area contributed by atoms with Crippen LogP contribution < -0.4 is 5.32 Å². The van der Waals surface area contributed by atoms with E-state index in [1.54, 1.807) is 6.07 Å². The van der Waals surface area contributed by atoms with Crippen LogP contribution in [0.15, 0.2) is 60.7 Å². The van der Waals surface area contributed by atoms with Gasteiger partial charge in [0.15, 0.2) is 0 Å². The molecule has 1 atom stereocenters. The highest BCUT2D eigenvalue weighted by atomic mass is 19.4. The van der Waals surface area contributed by atoms with E-state index >= 15 is 0 Å². The van der Waals surface area contributed by atoms with Crippen LogP contribution in [0.2, 0.25) is 0 Å². The number of alkyl halides is 3. The van der Waals surface area contributed by atoms with E-state index in [0.29, 0.717) is 11.3 Å². The summed E-state index contributed by atoms with van der Waals surface area (Å²) in [6, 6.07) is 14.5. The standard InChI is InChI=1S/C22H19F3N2O3/c1-30-21(29)19(13-17-11-8-15-4-2-3-5-18(15)26-17)27-20(28)12-14-6-9-16(10-7-14)22(23,24)25/h2-11,19H,12-13H2,1H3,(H,27,28)/t19-/m0/s1. The molecule has 5 nitrogen and oxygen atoms in total. The molecule has 0 saturated heterocycles. The molecule has 0 unspecified atom stereocenters. The van der Waals surface area contributed by atoms with E-state index in [1.165, 1.54) is 19.2 Å². The number of amides is 1. The lowest BCUT2D eigenvalue weighted by atomic mass is 10.1. The number of methoxy groups -OCH3 is 1. The number of pyridine rings is 1. The first-order valence-electron chi connectivity index (χ1n) is 9.14. The Bertz CT molecular complexity index is 1050. The predicted molar refractivity (Wildman–Crippen MR) is 105 cm³/mol. The second-order valence-corrected chi connectivity index (χ2v) is 6.71. The minimum atomic E-state index is -4.44. The average Bonchev–Trinajstić information content (AvgIpc) is 2.72. The van der Waals surface area contributed by atoms with Crippen molar-refractivity contribution in [1.29, 1.82) is 0 Å². The highest BCUT2D eigenvalue weighted by molar-refractivity contribution is 5.86. The number of nitrogens with one attached hydrogen (secondary N) is 1. The summed E-state index contributed by atoms with van der Waals surface area (Å²) in [5, 5.41) is 3.53. The molecular weight excluding hydrogens is 397 g/mol. The van der Waals surface area contributed by atoms with Gasteiger partial charge in [0, 0.05) is 17.5 Å². The lowest BCUT2D eigenvalue weighted by Crippen LogP contribution is -2.43. The van der Waals surface area contributed by atoms with Crippen LogP contribution in [0.25, 0.3) is 10.9 Å². The zero-order chi connectivity index (χ0) is 21.7. The summed E-state index contributed by atoms with van der Waals surface area (Å²) in [6.45, 7) is 0. The second-order valence-electron chi connectivity index (χ2n) is 6.71. The van der Waals surface area contributed by atoms with E-state index in [1.807, 2.05) is 30.3 Å². The maximum Gasteiger partial charge on any atom is 0.416 e. The molecule has 0 aliphatic rings. The molecule has 0 saturated carbocycles. The van der Waals surface area contributed by atoms with Crippen molar-refractivity contribution in [1.82, 2.24) is 10.3 Å². The normalized spacial score (nSPS) is 12.4. The number of ether oxygens (including phenoxy) is 1. The van der Waals surface area contributed by atoms with Gasteiger partial charge in [-0.3, -0.25) is 9.78 Å². The molecule has 156 valence electrons. The van der Waals surface area contributed by atoms with E-state index in [-0.39, 0.29) is 12.8 Å². The Labute approximate surface area is 170 Å². The minimum absolute atomic E-state index is 0.121. The van der Waals surface area contributed by atoms with Crippen molar-refractivity contribution in [2.75, 3.05) is 7.11 Å². The van der Waals surface area contributed by atoms with Crippen LogP contribution in [0.3, 0.4) is 0 Å². The number of hydrogen-bond acceptors (Lipinski definition) is 4. The van der Waals surface area contributed by atoms with Crippen LogP contribution in [-0.2, 0) is 33.3 Å². The number of halogens is 3. The van der Waals surface area contributed by atoms with Gasteiger partial charge in [-0.05, 0) is 29.8 Å². The summed E-state index contributed by atoms with van der Waals surface area (Å²) >= 11 is 0. The van der Waals surface area contributed by atoms with Crippen molar-refractivity contribution in [3.63, 3.8) is 0 Å². The van der Waals surface area contributed by atoms with Gasteiger partial charge in [0.05, 0.1) is 24.6 Å². The summed E-state index contributed by atoms with van der Waals surface area (Å²) in [6.07, 6.45) is -4.49. The van der Waals surface area contributed by atoms with Gasteiger partial charge in [0.25, 0.3) is 0 Å². The quantitative estimate of drug-likeness (QED) is 0.623. The van der Waals surface area contributed by atoms with E-state index in [0.717, 1.165) is 23.0 Å². The number of rotatable bonds is 6. The van der Waals surface area contributed by atoms with Crippen molar-refractivity contribution < 1.29 is 27.5 Å². The van der Waals surface area contributed by atoms with Gasteiger partial charge in [-0.25, -0.2) is 4.79 Å². The van der Waals surface area contributed by atoms with Gasteiger partial charge in [0.1, 0.15) is 6.04 Å². The van der Waals surface area contributed by atoms with Gasteiger partial charge >= 0.3 is 12.1 Å². The fourth-order valence-corrected chi connectivity index (χ4v) is 3.01. The maximum atomic E-state index is 12.6. The van der Waals surface area contributed by atoms with Crippen molar-refractivity contribution in [2.45, 2.75) is 25.1 Å². The maximum absolute atomic E-state index is 12.6. The molecule has 0 aliphatic carbocycles. The number of para-hydroxylation sites is 1. The Morgan fingerprint density at radius 1 is 1.03 bits per heavy atom. The first kappa shape index (κ1) is 21.3. The third-order valence-corrected chi connectivity index (χ3v) is 4.54. The molecule has 1 amide bonds. The average molecular weight is 416 g/mol. The Morgan fingerprint density at radius 3 is 2.40 bits per heavy atom. The smallest absolute Gasteiger partial charge is 0.416 e. The zero-order valence-corrected chi connectivity index (χ0v) is 16.1. The Hall–Kier alpha value is -3.42. The van der Waals surface area contributed by atoms with Crippen LogP contribution in [0, 0.1) is 0 Å². The van der Waals surface area contributed by atoms with Crippen molar-refractivity contribution in [3.8, 4) is 0 Å². The van der Waals surface area contributed by atoms with Gasteiger partial charge in [0.2, 0.25) is 5.91 Å². The number of carbonyl (C=O) groups is 2. The molecule has 1 aromatic heterocycles. The number of hydrogen-bond donors (Lipinski definition) is 1. The molecule has 1 N–H and O–H groups in total. The van der Waals surface area contributed by atoms with Gasteiger partial charge in [-0.15, -0.1) is 0 Å². The van der Waals surface area contributed by atoms with Crippen molar-refractivity contribution in [2.24, 2.45) is 0 Å². The number of benzene rings is 2.